The third kappa shape index (κ3) is 4.40. The number of rotatable bonds is 4. The molecule has 2 rings (SSSR count). The van der Waals surface area contributed by atoms with Crippen LogP contribution in [0.5, 0.6) is 5.75 Å². The van der Waals surface area contributed by atoms with Gasteiger partial charge in [0.05, 0.1) is 10.6 Å². The van der Waals surface area contributed by atoms with Crippen molar-refractivity contribution in [3.63, 3.8) is 0 Å². The quantitative estimate of drug-likeness (QED) is 0.661. The average molecular weight is 332 g/mol. The van der Waals surface area contributed by atoms with Crippen LogP contribution in [-0.2, 0) is 9.84 Å². The molecular weight excluding hydrogens is 316 g/mol. The van der Waals surface area contributed by atoms with Gasteiger partial charge < -0.3 is 5.11 Å². The molecule has 0 fully saturated rings. The fourth-order valence-electron chi connectivity index (χ4n) is 1.85. The third-order valence-corrected chi connectivity index (χ3v) is 4.26. The van der Waals surface area contributed by atoms with Gasteiger partial charge in [-0.1, -0.05) is 18.2 Å². The van der Waals surface area contributed by atoms with Crippen molar-refractivity contribution in [3.05, 3.63) is 59.7 Å². The molecule has 0 spiro atoms. The van der Waals surface area contributed by atoms with Gasteiger partial charge in [0.1, 0.15) is 5.75 Å². The van der Waals surface area contributed by atoms with Crippen molar-refractivity contribution in [2.75, 3.05) is 6.26 Å². The second kappa shape index (κ2) is 6.62. The zero-order valence-corrected chi connectivity index (χ0v) is 13.5. The number of hydrazone groups is 1. The Hall–Kier alpha value is -2.67. The van der Waals surface area contributed by atoms with E-state index in [4.69, 9.17) is 0 Å². The van der Waals surface area contributed by atoms with E-state index in [2.05, 4.69) is 10.5 Å². The monoisotopic (exact) mass is 332 g/mol. The number of nitrogens with zero attached hydrogens (tertiary/aromatic N) is 1. The molecule has 0 heterocycles. The van der Waals surface area contributed by atoms with E-state index in [0.717, 1.165) is 6.26 Å². The van der Waals surface area contributed by atoms with Crippen molar-refractivity contribution < 1.29 is 18.3 Å². The number of hydrogen-bond donors (Lipinski definition) is 2. The summed E-state index contributed by atoms with van der Waals surface area (Å²) < 4.78 is 22.8. The molecule has 0 aliphatic carbocycles. The van der Waals surface area contributed by atoms with Gasteiger partial charge in [0.2, 0.25) is 0 Å². The smallest absolute Gasteiger partial charge is 0.271 e. The Bertz CT molecular complexity index is 856. The molecule has 120 valence electrons. The Morgan fingerprint density at radius 1 is 1.09 bits per heavy atom. The number of aromatic hydroxyl groups is 1. The molecule has 2 aromatic rings. The van der Waals surface area contributed by atoms with Gasteiger partial charge in [0.15, 0.2) is 9.84 Å². The van der Waals surface area contributed by atoms with Crippen LogP contribution in [0, 0.1) is 0 Å². The fraction of sp³-hybridized carbons (Fsp3) is 0.125. The van der Waals surface area contributed by atoms with Gasteiger partial charge >= 0.3 is 0 Å². The lowest BCUT2D eigenvalue weighted by Gasteiger charge is -2.04. The van der Waals surface area contributed by atoms with Crippen LogP contribution in [0.4, 0.5) is 0 Å². The molecule has 2 N–H and O–H groups in total. The maximum atomic E-state index is 11.9. The Morgan fingerprint density at radius 3 is 2.30 bits per heavy atom. The van der Waals surface area contributed by atoms with Crippen molar-refractivity contribution in [1.82, 2.24) is 5.43 Å². The highest BCUT2D eigenvalue weighted by atomic mass is 32.2. The van der Waals surface area contributed by atoms with Gasteiger partial charge in [0.25, 0.3) is 5.91 Å². The van der Waals surface area contributed by atoms with E-state index in [1.165, 1.54) is 24.3 Å². The van der Waals surface area contributed by atoms with Crippen molar-refractivity contribution in [1.29, 1.82) is 0 Å². The van der Waals surface area contributed by atoms with Crippen LogP contribution in [0.25, 0.3) is 0 Å². The predicted octanol–water partition coefficient (Wildman–Crippen LogP) is 1.95. The molecule has 2 aromatic carbocycles. The normalized spacial score (nSPS) is 12.0. The lowest BCUT2D eigenvalue weighted by molar-refractivity contribution is 0.0954. The van der Waals surface area contributed by atoms with E-state index >= 15 is 0 Å². The highest BCUT2D eigenvalue weighted by Crippen LogP contribution is 2.12. The first-order valence-corrected chi connectivity index (χ1v) is 8.60. The zero-order chi connectivity index (χ0) is 17.0. The number of carbonyl (C=O) groups excluding carboxylic acids is 1. The van der Waals surface area contributed by atoms with Crippen LogP contribution in [-0.4, -0.2) is 31.4 Å². The van der Waals surface area contributed by atoms with Crippen molar-refractivity contribution >= 4 is 21.5 Å². The molecule has 0 atom stereocenters. The first-order chi connectivity index (χ1) is 10.8. The largest absolute Gasteiger partial charge is 0.508 e. The molecule has 0 saturated heterocycles. The van der Waals surface area contributed by atoms with E-state index in [1.807, 2.05) is 0 Å². The highest BCUT2D eigenvalue weighted by Gasteiger charge is 2.08. The van der Waals surface area contributed by atoms with Gasteiger partial charge in [-0.2, -0.15) is 5.10 Å². The Labute approximate surface area is 134 Å². The molecule has 0 bridgehead atoms. The van der Waals surface area contributed by atoms with Gasteiger partial charge in [-0.3, -0.25) is 4.79 Å². The van der Waals surface area contributed by atoms with E-state index in [1.54, 1.807) is 31.2 Å². The fourth-order valence-corrected chi connectivity index (χ4v) is 2.48. The van der Waals surface area contributed by atoms with Gasteiger partial charge in [-0.15, -0.1) is 0 Å². The van der Waals surface area contributed by atoms with Crippen LogP contribution in [0.15, 0.2) is 58.5 Å². The molecule has 0 unspecified atom stereocenters. The molecule has 0 radical (unpaired) electrons. The summed E-state index contributed by atoms with van der Waals surface area (Å²) >= 11 is 0. The molecule has 0 aromatic heterocycles. The maximum Gasteiger partial charge on any atom is 0.271 e. The van der Waals surface area contributed by atoms with E-state index < -0.39 is 15.7 Å². The first kappa shape index (κ1) is 16.7. The third-order valence-electron chi connectivity index (χ3n) is 3.13. The number of sulfone groups is 1. The van der Waals surface area contributed by atoms with Gasteiger partial charge in [-0.05, 0) is 42.8 Å². The molecule has 23 heavy (non-hydrogen) atoms. The summed E-state index contributed by atoms with van der Waals surface area (Å²) in [6.07, 6.45) is 1.14. The number of benzene rings is 2. The Morgan fingerprint density at radius 2 is 1.74 bits per heavy atom. The second-order valence-electron chi connectivity index (χ2n) is 4.99. The predicted molar refractivity (Wildman–Crippen MR) is 87.3 cm³/mol. The first-order valence-electron chi connectivity index (χ1n) is 6.71. The number of carbonyl (C=O) groups is 1. The topological polar surface area (TPSA) is 95.8 Å². The standard InChI is InChI=1S/C16H16N2O4S/c1-11(12-6-8-15(9-7-12)23(2,21)22)17-18-16(20)13-4-3-5-14(19)10-13/h3-10,19H,1-2H3,(H,18,20)/b17-11-. The lowest BCUT2D eigenvalue weighted by Crippen LogP contribution is -2.19. The summed E-state index contributed by atoms with van der Waals surface area (Å²) in [4.78, 5) is 12.1. The molecule has 0 saturated carbocycles. The van der Waals surface area contributed by atoms with E-state index in [9.17, 15) is 18.3 Å². The van der Waals surface area contributed by atoms with Crippen LogP contribution in [0.3, 0.4) is 0 Å². The van der Waals surface area contributed by atoms with Gasteiger partial charge in [0, 0.05) is 11.8 Å². The van der Waals surface area contributed by atoms with Gasteiger partial charge in [-0.25, -0.2) is 13.8 Å². The molecule has 7 heteroatoms. The minimum atomic E-state index is -3.24. The zero-order valence-electron chi connectivity index (χ0n) is 12.6. The highest BCUT2D eigenvalue weighted by molar-refractivity contribution is 7.90. The molecule has 1 amide bonds. The van der Waals surface area contributed by atoms with E-state index in [0.29, 0.717) is 11.3 Å². The van der Waals surface area contributed by atoms with Crippen LogP contribution in [0.2, 0.25) is 0 Å². The van der Waals surface area contributed by atoms with Crippen LogP contribution < -0.4 is 5.43 Å². The summed E-state index contributed by atoms with van der Waals surface area (Å²) in [5.74, 6) is -0.456. The molecular formula is C16H16N2O4S. The Kier molecular flexibility index (Phi) is 4.80. The number of nitrogens with one attached hydrogen (secondary N) is 1. The molecule has 0 aliphatic heterocycles. The molecule has 6 nitrogen and oxygen atoms in total. The number of amides is 1. The summed E-state index contributed by atoms with van der Waals surface area (Å²) in [5.41, 5.74) is 3.89. The number of hydrogen-bond acceptors (Lipinski definition) is 5. The SMILES string of the molecule is C/C(=N/NC(=O)c1cccc(O)c1)c1ccc(S(C)(=O)=O)cc1. The lowest BCUT2D eigenvalue weighted by atomic mass is 10.1. The van der Waals surface area contributed by atoms with Crippen molar-refractivity contribution in [3.8, 4) is 5.75 Å². The van der Waals surface area contributed by atoms with E-state index in [-0.39, 0.29) is 16.2 Å². The average Bonchev–Trinajstić information content (AvgIpc) is 2.51. The van der Waals surface area contributed by atoms with Crippen molar-refractivity contribution in [2.45, 2.75) is 11.8 Å². The number of phenols is 1. The maximum absolute atomic E-state index is 11.9. The minimum Gasteiger partial charge on any atom is -0.508 e. The Balaban J connectivity index is 2.12. The summed E-state index contributed by atoms with van der Waals surface area (Å²) in [6.45, 7) is 1.69. The van der Waals surface area contributed by atoms with Crippen LogP contribution >= 0.6 is 0 Å². The summed E-state index contributed by atoms with van der Waals surface area (Å²) in [6, 6.07) is 12.1. The van der Waals surface area contributed by atoms with Crippen molar-refractivity contribution in [2.24, 2.45) is 5.10 Å². The van der Waals surface area contributed by atoms with Crippen LogP contribution in [0.1, 0.15) is 22.8 Å². The second-order valence-corrected chi connectivity index (χ2v) is 7.00. The summed E-state index contributed by atoms with van der Waals surface area (Å²) in [5, 5.41) is 13.3. The minimum absolute atomic E-state index is 0.00489. The number of phenolic OH excluding ortho intramolecular Hbond substituents is 1. The summed E-state index contributed by atoms with van der Waals surface area (Å²) in [7, 11) is -3.24. The molecule has 0 aliphatic rings.